The summed E-state index contributed by atoms with van der Waals surface area (Å²) in [5.41, 5.74) is 0.577. The Bertz CT molecular complexity index is 1780. The number of nitro benzene ring substituents is 1. The lowest BCUT2D eigenvalue weighted by atomic mass is 9.82. The van der Waals surface area contributed by atoms with Crippen molar-refractivity contribution in [2.45, 2.75) is 75.7 Å². The highest BCUT2D eigenvalue weighted by molar-refractivity contribution is 6.71. The Morgan fingerprint density at radius 2 is 1.84 bits per heavy atom. The second-order valence-corrected chi connectivity index (χ2v) is 18.2. The minimum Gasteiger partial charge on any atom is -0.432 e. The van der Waals surface area contributed by atoms with Crippen molar-refractivity contribution in [3.8, 4) is 0 Å². The largest absolute Gasteiger partial charge is 0.432 e. The minimum absolute atomic E-state index is 0.0907. The van der Waals surface area contributed by atoms with Gasteiger partial charge in [-0.3, -0.25) is 24.5 Å². The summed E-state index contributed by atoms with van der Waals surface area (Å²) in [5, 5.41) is 27.9. The van der Waals surface area contributed by atoms with E-state index in [0.29, 0.717) is 16.9 Å². The van der Waals surface area contributed by atoms with Crippen molar-refractivity contribution in [3.05, 3.63) is 99.6 Å². The Kier molecular flexibility index (Phi) is 10.4. The summed E-state index contributed by atoms with van der Waals surface area (Å²) < 4.78 is 6.76. The molecule has 5 atom stereocenters. The second kappa shape index (κ2) is 14.6. The molecular formula is C37H45N5O8Si. The smallest absolute Gasteiger partial charge is 0.269 e. The van der Waals surface area contributed by atoms with Gasteiger partial charge >= 0.3 is 0 Å². The topological polar surface area (TPSA) is 175 Å². The zero-order valence-corrected chi connectivity index (χ0v) is 30.1. The number of ether oxygens (including phenoxy) is 1. The van der Waals surface area contributed by atoms with Gasteiger partial charge in [0.1, 0.15) is 0 Å². The van der Waals surface area contributed by atoms with E-state index in [1.165, 1.54) is 17.0 Å². The van der Waals surface area contributed by atoms with Crippen molar-refractivity contribution in [3.63, 3.8) is 0 Å². The molecule has 2 saturated heterocycles. The van der Waals surface area contributed by atoms with E-state index in [4.69, 9.17) is 4.74 Å². The number of hydrogen-bond acceptors (Lipinski definition) is 9. The Balaban J connectivity index is 1.30. The molecule has 0 aliphatic carbocycles. The van der Waals surface area contributed by atoms with Crippen LogP contribution in [0.2, 0.25) is 18.6 Å². The molecule has 3 aromatic carbocycles. The fourth-order valence-corrected chi connectivity index (χ4v) is 10.6. The zero-order valence-electron chi connectivity index (χ0n) is 29.1. The highest BCUT2D eigenvalue weighted by Crippen LogP contribution is 2.60. The Labute approximate surface area is 297 Å². The van der Waals surface area contributed by atoms with Gasteiger partial charge in [-0.2, -0.15) is 0 Å². The number of amides is 3. The molecule has 3 aliphatic rings. The van der Waals surface area contributed by atoms with Crippen molar-refractivity contribution in [1.29, 1.82) is 0 Å². The summed E-state index contributed by atoms with van der Waals surface area (Å²) in [6.45, 7) is 6.35. The van der Waals surface area contributed by atoms with Crippen LogP contribution >= 0.6 is 0 Å². The van der Waals surface area contributed by atoms with E-state index < -0.39 is 42.3 Å². The number of aliphatic hydroxyl groups excluding tert-OH is 1. The molecule has 0 bridgehead atoms. The first kappa shape index (κ1) is 36.3. The summed E-state index contributed by atoms with van der Waals surface area (Å²) in [5.74, 6) is -1.47. The van der Waals surface area contributed by atoms with Crippen LogP contribution in [-0.4, -0.2) is 77.6 Å². The predicted octanol–water partition coefficient (Wildman–Crippen LogP) is 4.04. The Morgan fingerprint density at radius 3 is 2.47 bits per heavy atom. The lowest BCUT2D eigenvalue weighted by Crippen LogP contribution is -2.46. The van der Waals surface area contributed by atoms with Crippen molar-refractivity contribution < 1.29 is 33.9 Å². The van der Waals surface area contributed by atoms with Gasteiger partial charge in [0, 0.05) is 47.9 Å². The number of nitrogens with one attached hydrogen (secondary N) is 2. The SMILES string of the molecule is C[C@@H]1[C@@H]([Si](C)(C)O)[C@H](CC(=O)N(CCO)Cc2ccccc2)O[C@@]12C(=O)N(Cc1ccc(NC(=O)[C@H]3CCCN3)cc1)c1ccc([N+](=O)[O-])cc12. The second-order valence-electron chi connectivity index (χ2n) is 14.3. The Hall–Kier alpha value is -4.47. The van der Waals surface area contributed by atoms with Crippen LogP contribution in [0.1, 0.15) is 42.9 Å². The molecule has 14 heteroatoms. The number of nitro groups is 1. The molecule has 4 N–H and O–H groups in total. The molecule has 13 nitrogen and oxygen atoms in total. The molecule has 1 spiro atoms. The standard InChI is InChI=1S/C37H45N5O8Si/c1-24-34(51(2,3)49)32(21-33(44)40(18-19-43)22-25-8-5-4-6-9-25)50-37(24)29-20-28(42(47)48)15-16-31(29)41(36(37)46)23-26-11-13-27(14-12-26)39-35(45)30-10-7-17-38-30/h4-6,8-9,11-16,20,24,30,32,34,38,43,49H,7,10,17-19,21-23H2,1-3H3,(H,39,45)/t24-,30-,32+,34-,37+/m1/s1. The molecule has 0 radical (unpaired) electrons. The summed E-state index contributed by atoms with van der Waals surface area (Å²) in [6.07, 6.45) is 0.703. The summed E-state index contributed by atoms with van der Waals surface area (Å²) in [7, 11) is -3.14. The summed E-state index contributed by atoms with van der Waals surface area (Å²) >= 11 is 0. The maximum absolute atomic E-state index is 14.8. The van der Waals surface area contributed by atoms with Gasteiger partial charge in [-0.05, 0) is 61.8 Å². The third kappa shape index (κ3) is 7.19. The Morgan fingerprint density at radius 1 is 1.12 bits per heavy atom. The van der Waals surface area contributed by atoms with Gasteiger partial charge in [0.25, 0.3) is 11.6 Å². The molecule has 6 rings (SSSR count). The number of hydrogen-bond donors (Lipinski definition) is 4. The molecule has 51 heavy (non-hydrogen) atoms. The monoisotopic (exact) mass is 715 g/mol. The number of aliphatic hydroxyl groups is 1. The van der Waals surface area contributed by atoms with Crippen LogP contribution in [-0.2, 0) is 37.8 Å². The first-order valence-corrected chi connectivity index (χ1v) is 20.4. The quantitative estimate of drug-likeness (QED) is 0.123. The number of nitrogens with zero attached hydrogens (tertiary/aromatic N) is 3. The molecule has 3 aromatic rings. The zero-order chi connectivity index (χ0) is 36.5. The minimum atomic E-state index is -3.14. The maximum atomic E-state index is 14.8. The molecule has 3 amide bonds. The summed E-state index contributed by atoms with van der Waals surface area (Å²) in [4.78, 5) is 67.5. The number of carbonyl (C=O) groups excluding carboxylic acids is 3. The first-order chi connectivity index (χ1) is 24.3. The van der Waals surface area contributed by atoms with Crippen LogP contribution in [0.5, 0.6) is 0 Å². The molecule has 0 aromatic heterocycles. The van der Waals surface area contributed by atoms with E-state index in [0.717, 1.165) is 30.5 Å². The summed E-state index contributed by atoms with van der Waals surface area (Å²) in [6, 6.07) is 20.6. The molecule has 270 valence electrons. The number of non-ortho nitro benzene ring substituents is 1. The average Bonchev–Trinajstić information content (AvgIpc) is 3.79. The van der Waals surface area contributed by atoms with E-state index in [1.807, 2.05) is 49.4 Å². The van der Waals surface area contributed by atoms with Gasteiger partial charge in [0.05, 0.1) is 42.3 Å². The van der Waals surface area contributed by atoms with Gasteiger partial charge in [0.2, 0.25) is 11.8 Å². The predicted molar refractivity (Wildman–Crippen MR) is 193 cm³/mol. The lowest BCUT2D eigenvalue weighted by Gasteiger charge is -2.32. The molecular weight excluding hydrogens is 671 g/mol. The van der Waals surface area contributed by atoms with Crippen LogP contribution in [0, 0.1) is 16.0 Å². The van der Waals surface area contributed by atoms with E-state index in [-0.39, 0.29) is 56.2 Å². The fourth-order valence-electron chi connectivity index (χ4n) is 8.07. The number of anilines is 2. The van der Waals surface area contributed by atoms with Crippen LogP contribution in [0.3, 0.4) is 0 Å². The van der Waals surface area contributed by atoms with Crippen molar-refractivity contribution in [1.82, 2.24) is 10.2 Å². The normalized spacial score (nSPS) is 24.2. The van der Waals surface area contributed by atoms with Gasteiger partial charge in [-0.1, -0.05) is 49.4 Å². The van der Waals surface area contributed by atoms with Crippen LogP contribution in [0.15, 0.2) is 72.8 Å². The van der Waals surface area contributed by atoms with E-state index in [2.05, 4.69) is 10.6 Å². The maximum Gasteiger partial charge on any atom is 0.269 e. The molecule has 3 aliphatic heterocycles. The van der Waals surface area contributed by atoms with Crippen LogP contribution in [0.4, 0.5) is 17.1 Å². The highest BCUT2D eigenvalue weighted by atomic mass is 28.4. The van der Waals surface area contributed by atoms with E-state index in [9.17, 15) is 34.4 Å². The van der Waals surface area contributed by atoms with Crippen LogP contribution in [0.25, 0.3) is 0 Å². The van der Waals surface area contributed by atoms with Gasteiger partial charge < -0.3 is 35.1 Å². The number of rotatable bonds is 12. The third-order valence-electron chi connectivity index (χ3n) is 10.4. The fraction of sp³-hybridized carbons (Fsp3) is 0.432. The lowest BCUT2D eigenvalue weighted by molar-refractivity contribution is -0.385. The third-order valence-corrected chi connectivity index (χ3v) is 12.9. The van der Waals surface area contributed by atoms with Crippen LogP contribution < -0.4 is 15.5 Å². The molecule has 0 unspecified atom stereocenters. The number of benzene rings is 3. The van der Waals surface area contributed by atoms with E-state index in [1.54, 1.807) is 36.2 Å². The van der Waals surface area contributed by atoms with Gasteiger partial charge in [0.15, 0.2) is 13.9 Å². The number of carbonyl (C=O) groups is 3. The average molecular weight is 716 g/mol. The number of fused-ring (bicyclic) bond motifs is 2. The van der Waals surface area contributed by atoms with Crippen molar-refractivity contribution in [2.75, 3.05) is 29.9 Å². The van der Waals surface area contributed by atoms with Gasteiger partial charge in [-0.15, -0.1) is 0 Å². The molecule has 3 heterocycles. The highest BCUT2D eigenvalue weighted by Gasteiger charge is 2.66. The van der Waals surface area contributed by atoms with E-state index >= 15 is 0 Å². The molecule has 2 fully saturated rings. The van der Waals surface area contributed by atoms with Crippen molar-refractivity contribution >= 4 is 43.1 Å². The van der Waals surface area contributed by atoms with Gasteiger partial charge in [-0.25, -0.2) is 0 Å². The van der Waals surface area contributed by atoms with Crippen molar-refractivity contribution in [2.24, 2.45) is 5.92 Å². The molecule has 0 saturated carbocycles. The first-order valence-electron chi connectivity index (χ1n) is 17.4.